The van der Waals surface area contributed by atoms with Crippen molar-refractivity contribution in [2.24, 2.45) is 4.99 Å². The van der Waals surface area contributed by atoms with Gasteiger partial charge in [0.15, 0.2) is 11.7 Å². The lowest BCUT2D eigenvalue weighted by molar-refractivity contribution is -0.140. The first kappa shape index (κ1) is 17.0. The zero-order valence-corrected chi connectivity index (χ0v) is 13.3. The van der Waals surface area contributed by atoms with Crippen molar-refractivity contribution in [2.45, 2.75) is 38.1 Å². The number of guanidine groups is 1. The Morgan fingerprint density at radius 3 is 2.82 bits per heavy atom. The van der Waals surface area contributed by atoms with Gasteiger partial charge in [0.1, 0.15) is 5.01 Å². The molecule has 1 atom stereocenters. The zero-order chi connectivity index (χ0) is 16.2. The molecule has 124 valence electrons. The van der Waals surface area contributed by atoms with E-state index in [-0.39, 0.29) is 12.1 Å². The molecule has 1 aromatic heterocycles. The average Bonchev–Trinajstić information content (AvgIpc) is 3.08. The zero-order valence-electron chi connectivity index (χ0n) is 12.5. The predicted octanol–water partition coefficient (Wildman–Crippen LogP) is 2.40. The summed E-state index contributed by atoms with van der Waals surface area (Å²) in [6, 6.07) is 0. The normalized spacial score (nSPS) is 22.9. The second kappa shape index (κ2) is 6.82. The number of aromatic nitrogens is 1. The van der Waals surface area contributed by atoms with Crippen molar-refractivity contribution in [1.82, 2.24) is 15.6 Å². The molecular weight excluding hydrogens is 317 g/mol. The van der Waals surface area contributed by atoms with Gasteiger partial charge in [0.05, 0.1) is 12.1 Å². The van der Waals surface area contributed by atoms with Crippen LogP contribution in [0.4, 0.5) is 13.2 Å². The molecule has 0 bridgehead atoms. The van der Waals surface area contributed by atoms with Crippen molar-refractivity contribution in [2.75, 3.05) is 20.2 Å². The molecule has 0 aromatic carbocycles. The molecule has 1 aliphatic heterocycles. The molecular formula is C13H19F3N4OS. The maximum atomic E-state index is 12.5. The number of hydrogen-bond acceptors (Lipinski definition) is 4. The van der Waals surface area contributed by atoms with Crippen molar-refractivity contribution >= 4 is 17.3 Å². The molecule has 22 heavy (non-hydrogen) atoms. The molecule has 5 nitrogen and oxygen atoms in total. The largest absolute Gasteiger partial charge is 0.434 e. The molecule has 0 spiro atoms. The van der Waals surface area contributed by atoms with E-state index in [1.165, 1.54) is 0 Å². The summed E-state index contributed by atoms with van der Waals surface area (Å²) >= 11 is 0.970. The molecule has 1 unspecified atom stereocenters. The Hall–Kier alpha value is -1.35. The van der Waals surface area contributed by atoms with E-state index in [1.54, 1.807) is 7.05 Å². The molecule has 1 aliphatic rings. The summed E-state index contributed by atoms with van der Waals surface area (Å²) in [5.74, 6) is 0.514. The summed E-state index contributed by atoms with van der Waals surface area (Å²) < 4.78 is 43.1. The van der Waals surface area contributed by atoms with Crippen LogP contribution in [0.15, 0.2) is 10.4 Å². The molecule has 0 saturated carbocycles. The lowest BCUT2D eigenvalue weighted by Crippen LogP contribution is -2.45. The molecule has 1 saturated heterocycles. The van der Waals surface area contributed by atoms with Gasteiger partial charge in [-0.05, 0) is 19.8 Å². The molecule has 9 heteroatoms. The molecule has 1 fully saturated rings. The Morgan fingerprint density at radius 2 is 2.27 bits per heavy atom. The SMILES string of the molecule is CN=C(NCc1nc(C(F)(F)F)cs1)NCC1(C)CCCO1. The van der Waals surface area contributed by atoms with E-state index in [2.05, 4.69) is 20.6 Å². The van der Waals surface area contributed by atoms with E-state index in [0.29, 0.717) is 17.5 Å². The molecule has 0 radical (unpaired) electrons. The van der Waals surface area contributed by atoms with Crippen molar-refractivity contribution < 1.29 is 17.9 Å². The molecule has 0 amide bonds. The predicted molar refractivity (Wildman–Crippen MR) is 78.9 cm³/mol. The average molecular weight is 336 g/mol. The number of hydrogen-bond donors (Lipinski definition) is 2. The van der Waals surface area contributed by atoms with Gasteiger partial charge in [-0.1, -0.05) is 0 Å². The lowest BCUT2D eigenvalue weighted by atomic mass is 10.0. The minimum atomic E-state index is -4.40. The molecule has 1 aromatic rings. The van der Waals surface area contributed by atoms with Gasteiger partial charge in [0.25, 0.3) is 0 Å². The Kier molecular flexibility index (Phi) is 5.28. The van der Waals surface area contributed by atoms with Gasteiger partial charge >= 0.3 is 6.18 Å². The molecule has 0 aliphatic carbocycles. The van der Waals surface area contributed by atoms with E-state index in [1.807, 2.05) is 6.92 Å². The quantitative estimate of drug-likeness (QED) is 0.655. The molecule has 2 heterocycles. The summed E-state index contributed by atoms with van der Waals surface area (Å²) in [6.45, 7) is 3.57. The van der Waals surface area contributed by atoms with Crippen LogP contribution in [0.3, 0.4) is 0 Å². The number of nitrogens with one attached hydrogen (secondary N) is 2. The van der Waals surface area contributed by atoms with E-state index in [9.17, 15) is 13.2 Å². The maximum absolute atomic E-state index is 12.5. The second-order valence-corrected chi connectivity index (χ2v) is 6.25. The summed E-state index contributed by atoms with van der Waals surface area (Å²) in [6.07, 6.45) is -2.40. The monoisotopic (exact) mass is 336 g/mol. The number of halogens is 3. The van der Waals surface area contributed by atoms with Crippen molar-refractivity contribution in [1.29, 1.82) is 0 Å². The Morgan fingerprint density at radius 1 is 1.50 bits per heavy atom. The van der Waals surface area contributed by atoms with Gasteiger partial charge in [-0.3, -0.25) is 4.99 Å². The first-order valence-corrected chi connectivity index (χ1v) is 7.80. The van der Waals surface area contributed by atoms with Crippen LogP contribution < -0.4 is 10.6 Å². The summed E-state index contributed by atoms with van der Waals surface area (Å²) in [7, 11) is 1.61. The minimum absolute atomic E-state index is 0.192. The van der Waals surface area contributed by atoms with Crippen LogP contribution in [-0.2, 0) is 17.5 Å². The van der Waals surface area contributed by atoms with E-state index < -0.39 is 11.9 Å². The van der Waals surface area contributed by atoms with E-state index in [4.69, 9.17) is 4.74 Å². The van der Waals surface area contributed by atoms with Crippen LogP contribution in [0.1, 0.15) is 30.5 Å². The maximum Gasteiger partial charge on any atom is 0.434 e. The van der Waals surface area contributed by atoms with E-state index >= 15 is 0 Å². The number of nitrogens with zero attached hydrogens (tertiary/aromatic N) is 2. The molecule has 2 N–H and O–H groups in total. The topological polar surface area (TPSA) is 58.5 Å². The van der Waals surface area contributed by atoms with Crippen LogP contribution in [-0.4, -0.2) is 36.7 Å². The second-order valence-electron chi connectivity index (χ2n) is 5.31. The number of aliphatic imine (C=N–C) groups is 1. The van der Waals surface area contributed by atoms with Crippen molar-refractivity contribution in [3.63, 3.8) is 0 Å². The van der Waals surface area contributed by atoms with Gasteiger partial charge < -0.3 is 15.4 Å². The lowest BCUT2D eigenvalue weighted by Gasteiger charge is -2.24. The first-order chi connectivity index (χ1) is 10.3. The van der Waals surface area contributed by atoms with Gasteiger partial charge in [-0.25, -0.2) is 4.98 Å². The van der Waals surface area contributed by atoms with Gasteiger partial charge in [-0.2, -0.15) is 13.2 Å². The highest BCUT2D eigenvalue weighted by atomic mass is 32.1. The summed E-state index contributed by atoms with van der Waals surface area (Å²) in [4.78, 5) is 7.61. The number of thiazole rings is 1. The Balaban J connectivity index is 1.82. The summed E-state index contributed by atoms with van der Waals surface area (Å²) in [5, 5.41) is 7.46. The van der Waals surface area contributed by atoms with Crippen molar-refractivity contribution in [3.05, 3.63) is 16.1 Å². The number of rotatable bonds is 4. The third-order valence-electron chi connectivity index (χ3n) is 3.40. The van der Waals surface area contributed by atoms with Crippen LogP contribution in [0.25, 0.3) is 0 Å². The highest BCUT2D eigenvalue weighted by Crippen LogP contribution is 2.29. The van der Waals surface area contributed by atoms with Crippen molar-refractivity contribution in [3.8, 4) is 0 Å². The van der Waals surface area contributed by atoms with Gasteiger partial charge in [-0.15, -0.1) is 11.3 Å². The number of ether oxygens (including phenoxy) is 1. The van der Waals surface area contributed by atoms with Gasteiger partial charge in [0, 0.05) is 25.6 Å². The third kappa shape index (κ3) is 4.57. The van der Waals surface area contributed by atoms with Gasteiger partial charge in [0.2, 0.25) is 0 Å². The number of alkyl halides is 3. The minimum Gasteiger partial charge on any atom is -0.373 e. The van der Waals surface area contributed by atoms with Crippen LogP contribution >= 0.6 is 11.3 Å². The highest BCUT2D eigenvalue weighted by Gasteiger charge is 2.33. The fraction of sp³-hybridized carbons (Fsp3) is 0.692. The third-order valence-corrected chi connectivity index (χ3v) is 4.25. The van der Waals surface area contributed by atoms with E-state index in [0.717, 1.165) is 36.2 Å². The first-order valence-electron chi connectivity index (χ1n) is 6.92. The fourth-order valence-electron chi connectivity index (χ4n) is 2.15. The standard InChI is InChI=1S/C13H19F3N4OS/c1-12(4-3-5-21-12)8-19-11(17-2)18-6-10-20-9(7-22-10)13(14,15)16/h7H,3-6,8H2,1-2H3,(H2,17,18,19). The van der Waals surface area contributed by atoms with Crippen LogP contribution in [0, 0.1) is 0 Å². The summed E-state index contributed by atoms with van der Waals surface area (Å²) in [5.41, 5.74) is -1.08. The van der Waals surface area contributed by atoms with Crippen LogP contribution in [0.2, 0.25) is 0 Å². The Bertz CT molecular complexity index is 524. The smallest absolute Gasteiger partial charge is 0.373 e. The van der Waals surface area contributed by atoms with Crippen LogP contribution in [0.5, 0.6) is 0 Å². The molecule has 2 rings (SSSR count). The fourth-order valence-corrected chi connectivity index (χ4v) is 2.89. The Labute approximate surface area is 131 Å². The highest BCUT2D eigenvalue weighted by molar-refractivity contribution is 7.09.